The van der Waals surface area contributed by atoms with Crippen molar-refractivity contribution in [3.05, 3.63) is 64.5 Å². The van der Waals surface area contributed by atoms with Crippen LogP contribution in [0.15, 0.2) is 36.4 Å². The fourth-order valence-electron chi connectivity index (χ4n) is 3.40. The van der Waals surface area contributed by atoms with Crippen molar-refractivity contribution in [1.29, 1.82) is 0 Å². The van der Waals surface area contributed by atoms with Gasteiger partial charge in [0.1, 0.15) is 11.4 Å². The number of nitrogens with zero attached hydrogens (tertiary/aromatic N) is 1. The van der Waals surface area contributed by atoms with Gasteiger partial charge in [-0.3, -0.25) is 4.79 Å². The molecular weight excluding hydrogens is 328 g/mol. The van der Waals surface area contributed by atoms with Crippen molar-refractivity contribution < 1.29 is 14.3 Å². The fourth-order valence-corrected chi connectivity index (χ4v) is 3.40. The lowest BCUT2D eigenvalue weighted by molar-refractivity contribution is 0.0594. The molecule has 0 bridgehead atoms. The van der Waals surface area contributed by atoms with Crippen molar-refractivity contribution in [3.63, 3.8) is 0 Å². The predicted octanol–water partition coefficient (Wildman–Crippen LogP) is 3.63. The summed E-state index contributed by atoms with van der Waals surface area (Å²) in [4.78, 5) is 28.3. The molecule has 1 aromatic heterocycles. The van der Waals surface area contributed by atoms with E-state index in [1.54, 1.807) is 12.1 Å². The van der Waals surface area contributed by atoms with E-state index in [0.29, 0.717) is 0 Å². The number of benzene rings is 1. The molecular formula is C21H24N2O3. The van der Waals surface area contributed by atoms with Gasteiger partial charge in [-0.1, -0.05) is 31.2 Å². The number of nitrogens with one attached hydrogen (secondary N) is 1. The molecule has 3 rings (SSSR count). The Morgan fingerprint density at radius 1 is 1.12 bits per heavy atom. The van der Waals surface area contributed by atoms with Gasteiger partial charge >= 0.3 is 5.97 Å². The minimum absolute atomic E-state index is 0.0849. The van der Waals surface area contributed by atoms with Gasteiger partial charge in [-0.2, -0.15) is 0 Å². The van der Waals surface area contributed by atoms with Crippen LogP contribution in [0.4, 0.5) is 0 Å². The predicted molar refractivity (Wildman–Crippen MR) is 99.2 cm³/mol. The highest BCUT2D eigenvalue weighted by atomic mass is 16.5. The summed E-state index contributed by atoms with van der Waals surface area (Å²) in [6.07, 6.45) is 5.51. The van der Waals surface area contributed by atoms with E-state index in [2.05, 4.69) is 33.2 Å². The standard InChI is InChI=1S/C21H24N2O3/c1-3-17(16-12-11-14-7-4-5-8-15(14)13-16)23-20(24)18-9-6-10-19(22-18)21(25)26-2/h6,9-13,17H,3-5,7-8H2,1-2H3,(H,23,24). The highest BCUT2D eigenvalue weighted by molar-refractivity contribution is 5.94. The van der Waals surface area contributed by atoms with Gasteiger partial charge < -0.3 is 10.1 Å². The van der Waals surface area contributed by atoms with E-state index < -0.39 is 5.97 Å². The second kappa shape index (κ2) is 8.13. The molecule has 136 valence electrons. The number of hydrogen-bond donors (Lipinski definition) is 1. The Kier molecular flexibility index (Phi) is 5.66. The van der Waals surface area contributed by atoms with Gasteiger partial charge in [0.15, 0.2) is 0 Å². The third-order valence-electron chi connectivity index (χ3n) is 4.86. The number of carbonyl (C=O) groups is 2. The number of carbonyl (C=O) groups excluding carboxylic acids is 2. The van der Waals surface area contributed by atoms with Crippen LogP contribution in [0.25, 0.3) is 0 Å². The van der Waals surface area contributed by atoms with Gasteiger partial charge in [0.05, 0.1) is 13.2 Å². The first kappa shape index (κ1) is 18.1. The van der Waals surface area contributed by atoms with Crippen molar-refractivity contribution in [2.45, 2.75) is 45.1 Å². The zero-order valence-electron chi connectivity index (χ0n) is 15.2. The average Bonchev–Trinajstić information content (AvgIpc) is 2.70. The van der Waals surface area contributed by atoms with E-state index in [9.17, 15) is 9.59 Å². The summed E-state index contributed by atoms with van der Waals surface area (Å²) in [5.41, 5.74) is 4.28. The van der Waals surface area contributed by atoms with E-state index >= 15 is 0 Å². The molecule has 0 spiro atoms. The summed E-state index contributed by atoms with van der Waals surface area (Å²) in [6.45, 7) is 2.04. The molecule has 1 aliphatic rings. The highest BCUT2D eigenvalue weighted by Crippen LogP contribution is 2.26. The van der Waals surface area contributed by atoms with E-state index in [1.165, 1.54) is 37.1 Å². The molecule has 0 radical (unpaired) electrons. The molecule has 1 heterocycles. The number of methoxy groups -OCH3 is 1. The molecule has 1 atom stereocenters. The lowest BCUT2D eigenvalue weighted by Gasteiger charge is -2.21. The highest BCUT2D eigenvalue weighted by Gasteiger charge is 2.18. The number of rotatable bonds is 5. The van der Waals surface area contributed by atoms with Gasteiger partial charge in [0.2, 0.25) is 0 Å². The Balaban J connectivity index is 1.78. The normalized spacial score (nSPS) is 14.2. The van der Waals surface area contributed by atoms with Crippen LogP contribution in [-0.2, 0) is 17.6 Å². The molecule has 26 heavy (non-hydrogen) atoms. The Morgan fingerprint density at radius 3 is 2.58 bits per heavy atom. The van der Waals surface area contributed by atoms with Crippen LogP contribution in [0, 0.1) is 0 Å². The second-order valence-corrected chi connectivity index (χ2v) is 6.57. The Bertz CT molecular complexity index is 817. The van der Waals surface area contributed by atoms with Crippen LogP contribution < -0.4 is 5.32 Å². The summed E-state index contributed by atoms with van der Waals surface area (Å²) < 4.78 is 4.66. The van der Waals surface area contributed by atoms with Crippen LogP contribution in [0.1, 0.15) is 69.9 Å². The monoisotopic (exact) mass is 352 g/mol. The average molecular weight is 352 g/mol. The van der Waals surface area contributed by atoms with Crippen molar-refractivity contribution in [1.82, 2.24) is 10.3 Å². The van der Waals surface area contributed by atoms with Gasteiger partial charge in [0.25, 0.3) is 5.91 Å². The smallest absolute Gasteiger partial charge is 0.356 e. The Hall–Kier alpha value is -2.69. The number of aryl methyl sites for hydroxylation is 2. The molecule has 0 fully saturated rings. The molecule has 0 aliphatic heterocycles. The summed E-state index contributed by atoms with van der Waals surface area (Å²) in [6, 6.07) is 11.2. The zero-order chi connectivity index (χ0) is 18.5. The number of pyridine rings is 1. The number of hydrogen-bond acceptors (Lipinski definition) is 4. The third-order valence-corrected chi connectivity index (χ3v) is 4.86. The Labute approximate surface area is 153 Å². The second-order valence-electron chi connectivity index (χ2n) is 6.57. The molecule has 2 aromatic rings. The summed E-state index contributed by atoms with van der Waals surface area (Å²) in [7, 11) is 1.29. The van der Waals surface area contributed by atoms with Gasteiger partial charge in [-0.15, -0.1) is 0 Å². The van der Waals surface area contributed by atoms with Gasteiger partial charge in [0, 0.05) is 0 Å². The molecule has 1 N–H and O–H groups in total. The summed E-state index contributed by atoms with van der Waals surface area (Å²) in [5.74, 6) is -0.846. The van der Waals surface area contributed by atoms with E-state index in [1.807, 2.05) is 6.92 Å². The number of amides is 1. The van der Waals surface area contributed by atoms with Crippen LogP contribution in [-0.4, -0.2) is 24.0 Å². The van der Waals surface area contributed by atoms with Gasteiger partial charge in [-0.25, -0.2) is 9.78 Å². The summed E-state index contributed by atoms with van der Waals surface area (Å²) in [5, 5.41) is 3.04. The van der Waals surface area contributed by atoms with Crippen molar-refractivity contribution >= 4 is 11.9 Å². The van der Waals surface area contributed by atoms with Crippen LogP contribution >= 0.6 is 0 Å². The molecule has 1 aliphatic carbocycles. The number of fused-ring (bicyclic) bond motifs is 1. The third kappa shape index (κ3) is 3.93. The number of ether oxygens (including phenoxy) is 1. The fraction of sp³-hybridized carbons (Fsp3) is 0.381. The minimum atomic E-state index is -0.554. The molecule has 0 saturated heterocycles. The van der Waals surface area contributed by atoms with Crippen LogP contribution in [0.2, 0.25) is 0 Å². The molecule has 5 nitrogen and oxygen atoms in total. The van der Waals surface area contributed by atoms with Crippen molar-refractivity contribution in [2.24, 2.45) is 0 Å². The molecule has 5 heteroatoms. The van der Waals surface area contributed by atoms with Crippen molar-refractivity contribution in [3.8, 4) is 0 Å². The lowest BCUT2D eigenvalue weighted by Crippen LogP contribution is -2.29. The number of esters is 1. The molecule has 1 amide bonds. The maximum absolute atomic E-state index is 12.6. The molecule has 1 unspecified atom stereocenters. The molecule has 0 saturated carbocycles. The quantitative estimate of drug-likeness (QED) is 0.835. The maximum Gasteiger partial charge on any atom is 0.356 e. The topological polar surface area (TPSA) is 68.3 Å². The van der Waals surface area contributed by atoms with Crippen LogP contribution in [0.5, 0.6) is 0 Å². The number of aromatic nitrogens is 1. The van der Waals surface area contributed by atoms with Gasteiger partial charge in [-0.05, 0) is 60.9 Å². The minimum Gasteiger partial charge on any atom is -0.464 e. The van der Waals surface area contributed by atoms with E-state index in [0.717, 1.165) is 24.8 Å². The van der Waals surface area contributed by atoms with Crippen LogP contribution in [0.3, 0.4) is 0 Å². The first-order valence-corrected chi connectivity index (χ1v) is 9.10. The first-order chi connectivity index (χ1) is 12.6. The zero-order valence-corrected chi connectivity index (χ0v) is 15.2. The van der Waals surface area contributed by atoms with Crippen molar-refractivity contribution in [2.75, 3.05) is 7.11 Å². The SMILES string of the molecule is CCC(NC(=O)c1cccc(C(=O)OC)n1)c1ccc2c(c1)CCCC2. The lowest BCUT2D eigenvalue weighted by atomic mass is 9.89. The molecule has 1 aromatic carbocycles. The maximum atomic E-state index is 12.6. The summed E-state index contributed by atoms with van der Waals surface area (Å²) >= 11 is 0. The van der Waals surface area contributed by atoms with E-state index in [-0.39, 0.29) is 23.3 Å². The first-order valence-electron chi connectivity index (χ1n) is 9.10. The largest absolute Gasteiger partial charge is 0.464 e. The van der Waals surface area contributed by atoms with E-state index in [4.69, 9.17) is 0 Å². The Morgan fingerprint density at radius 2 is 1.85 bits per heavy atom.